The highest BCUT2D eigenvalue weighted by molar-refractivity contribution is 5.00. The van der Waals surface area contributed by atoms with Gasteiger partial charge in [-0.25, -0.2) is 0 Å². The van der Waals surface area contributed by atoms with E-state index in [0.29, 0.717) is 13.2 Å². The Bertz CT molecular complexity index is 253. The van der Waals surface area contributed by atoms with Gasteiger partial charge in [-0.3, -0.25) is 0 Å². The van der Waals surface area contributed by atoms with E-state index in [1.165, 1.54) is 19.3 Å². The highest BCUT2D eigenvalue weighted by Gasteiger charge is 2.55. The maximum atomic E-state index is 6.34. The highest BCUT2D eigenvalue weighted by atomic mass is 16.8. The van der Waals surface area contributed by atoms with E-state index in [9.17, 15) is 0 Å². The fourth-order valence-corrected chi connectivity index (χ4v) is 2.78. The lowest BCUT2D eigenvalue weighted by molar-refractivity contribution is -0.219. The van der Waals surface area contributed by atoms with Gasteiger partial charge in [-0.05, 0) is 18.3 Å². The molecule has 1 saturated carbocycles. The van der Waals surface area contributed by atoms with E-state index < -0.39 is 0 Å². The summed E-state index contributed by atoms with van der Waals surface area (Å²) in [4.78, 5) is 0. The minimum absolute atomic E-state index is 0.0305. The van der Waals surface area contributed by atoms with E-state index in [1.54, 1.807) is 0 Å². The van der Waals surface area contributed by atoms with Crippen LogP contribution >= 0.6 is 0 Å². The summed E-state index contributed by atoms with van der Waals surface area (Å²) in [6.07, 6.45) is 5.80. The van der Waals surface area contributed by atoms with Gasteiger partial charge in [0, 0.05) is 19.4 Å². The van der Waals surface area contributed by atoms with Crippen LogP contribution in [-0.2, 0) is 9.47 Å². The third kappa shape index (κ3) is 1.89. The number of rotatable bonds is 1. The third-order valence-corrected chi connectivity index (χ3v) is 4.26. The molecule has 2 N–H and O–H groups in total. The van der Waals surface area contributed by atoms with E-state index in [0.717, 1.165) is 12.8 Å². The van der Waals surface area contributed by atoms with Crippen LogP contribution in [0.15, 0.2) is 0 Å². The van der Waals surface area contributed by atoms with Gasteiger partial charge in [-0.15, -0.1) is 0 Å². The maximum Gasteiger partial charge on any atom is 0.169 e. The molecule has 1 unspecified atom stereocenters. The molecule has 1 spiro atoms. The van der Waals surface area contributed by atoms with Crippen LogP contribution in [0.3, 0.4) is 0 Å². The Balaban J connectivity index is 2.15. The SMILES string of the molecule is CC(C)(C)C1(CN)COC2(CCCCC2)O1. The largest absolute Gasteiger partial charge is 0.347 e. The molecule has 0 aromatic carbocycles. The monoisotopic (exact) mass is 227 g/mol. The summed E-state index contributed by atoms with van der Waals surface area (Å²) in [5.74, 6) is -0.315. The predicted octanol–water partition coefficient (Wildman–Crippen LogP) is 2.44. The van der Waals surface area contributed by atoms with Crippen LogP contribution in [-0.4, -0.2) is 24.5 Å². The summed E-state index contributed by atoms with van der Waals surface area (Å²) >= 11 is 0. The molecular weight excluding hydrogens is 202 g/mol. The minimum atomic E-state index is -0.315. The fraction of sp³-hybridized carbons (Fsp3) is 1.00. The van der Waals surface area contributed by atoms with E-state index in [2.05, 4.69) is 20.8 Å². The van der Waals surface area contributed by atoms with Crippen LogP contribution < -0.4 is 5.73 Å². The standard InChI is InChI=1S/C13H25NO2/c1-11(2,3)12(9-14)10-15-13(16-12)7-5-4-6-8-13/h4-10,14H2,1-3H3. The Morgan fingerprint density at radius 3 is 2.19 bits per heavy atom. The van der Waals surface area contributed by atoms with Gasteiger partial charge in [-0.2, -0.15) is 0 Å². The van der Waals surface area contributed by atoms with Gasteiger partial charge in [0.05, 0.1) is 6.61 Å². The van der Waals surface area contributed by atoms with Crippen LogP contribution in [0, 0.1) is 5.41 Å². The first-order valence-corrected chi connectivity index (χ1v) is 6.47. The molecule has 3 heteroatoms. The molecule has 94 valence electrons. The minimum Gasteiger partial charge on any atom is -0.347 e. The molecule has 0 radical (unpaired) electrons. The second kappa shape index (κ2) is 3.97. The lowest BCUT2D eigenvalue weighted by Crippen LogP contribution is -2.52. The van der Waals surface area contributed by atoms with Gasteiger partial charge in [0.2, 0.25) is 0 Å². The molecule has 0 aromatic heterocycles. The summed E-state index contributed by atoms with van der Waals surface area (Å²) in [7, 11) is 0. The van der Waals surface area contributed by atoms with E-state index in [4.69, 9.17) is 15.2 Å². The Hall–Kier alpha value is -0.120. The molecule has 1 aliphatic heterocycles. The number of ether oxygens (including phenoxy) is 2. The molecule has 1 heterocycles. The smallest absolute Gasteiger partial charge is 0.169 e. The number of hydrogen-bond donors (Lipinski definition) is 1. The van der Waals surface area contributed by atoms with Gasteiger partial charge < -0.3 is 15.2 Å². The summed E-state index contributed by atoms with van der Waals surface area (Å²) in [5.41, 5.74) is 5.67. The van der Waals surface area contributed by atoms with Gasteiger partial charge in [-0.1, -0.05) is 27.2 Å². The van der Waals surface area contributed by atoms with Crippen molar-refractivity contribution in [3.63, 3.8) is 0 Å². The normalized spacial score (nSPS) is 34.5. The first kappa shape index (κ1) is 12.3. The molecule has 2 rings (SSSR count). The fourth-order valence-electron chi connectivity index (χ4n) is 2.78. The lowest BCUT2D eigenvalue weighted by atomic mass is 9.77. The van der Waals surface area contributed by atoms with Crippen molar-refractivity contribution in [3.05, 3.63) is 0 Å². The van der Waals surface area contributed by atoms with Crippen molar-refractivity contribution in [2.45, 2.75) is 64.3 Å². The molecule has 2 aliphatic rings. The zero-order chi connectivity index (χ0) is 11.9. The summed E-state index contributed by atoms with van der Waals surface area (Å²) in [5, 5.41) is 0. The Morgan fingerprint density at radius 2 is 1.75 bits per heavy atom. The zero-order valence-electron chi connectivity index (χ0n) is 10.8. The molecule has 16 heavy (non-hydrogen) atoms. The second-order valence-electron chi connectivity index (χ2n) is 6.31. The summed E-state index contributed by atoms with van der Waals surface area (Å²) < 4.78 is 12.4. The molecule has 3 nitrogen and oxygen atoms in total. The van der Waals surface area contributed by atoms with Gasteiger partial charge >= 0.3 is 0 Å². The van der Waals surface area contributed by atoms with Crippen molar-refractivity contribution in [1.29, 1.82) is 0 Å². The predicted molar refractivity (Wildman–Crippen MR) is 64.1 cm³/mol. The first-order valence-electron chi connectivity index (χ1n) is 6.47. The lowest BCUT2D eigenvalue weighted by Gasteiger charge is -2.41. The van der Waals surface area contributed by atoms with Gasteiger partial charge in [0.25, 0.3) is 0 Å². The topological polar surface area (TPSA) is 44.5 Å². The van der Waals surface area contributed by atoms with Crippen molar-refractivity contribution < 1.29 is 9.47 Å². The van der Waals surface area contributed by atoms with Gasteiger partial charge in [0.15, 0.2) is 5.79 Å². The molecule has 2 fully saturated rings. The van der Waals surface area contributed by atoms with Crippen molar-refractivity contribution >= 4 is 0 Å². The molecule has 0 bridgehead atoms. The Morgan fingerprint density at radius 1 is 1.12 bits per heavy atom. The maximum absolute atomic E-state index is 6.34. The number of nitrogens with two attached hydrogens (primary N) is 1. The van der Waals surface area contributed by atoms with Crippen LogP contribution in [0.2, 0.25) is 0 Å². The van der Waals surface area contributed by atoms with Crippen LogP contribution in [0.1, 0.15) is 52.9 Å². The van der Waals surface area contributed by atoms with Crippen LogP contribution in [0.25, 0.3) is 0 Å². The molecular formula is C13H25NO2. The third-order valence-electron chi connectivity index (χ3n) is 4.26. The van der Waals surface area contributed by atoms with E-state index in [-0.39, 0.29) is 16.8 Å². The van der Waals surface area contributed by atoms with Crippen molar-refractivity contribution in [3.8, 4) is 0 Å². The molecule has 1 atom stereocenters. The Labute approximate surface area is 98.7 Å². The Kier molecular flexibility index (Phi) is 3.06. The molecule has 1 aliphatic carbocycles. The summed E-state index contributed by atoms with van der Waals surface area (Å²) in [6.45, 7) is 7.74. The van der Waals surface area contributed by atoms with Crippen molar-refractivity contribution in [2.24, 2.45) is 11.1 Å². The van der Waals surface area contributed by atoms with Crippen LogP contribution in [0.5, 0.6) is 0 Å². The average Bonchev–Trinajstić information content (AvgIpc) is 2.59. The quantitative estimate of drug-likeness (QED) is 0.748. The van der Waals surface area contributed by atoms with E-state index >= 15 is 0 Å². The summed E-state index contributed by atoms with van der Waals surface area (Å²) in [6, 6.07) is 0. The van der Waals surface area contributed by atoms with Crippen LogP contribution in [0.4, 0.5) is 0 Å². The first-order chi connectivity index (χ1) is 7.43. The van der Waals surface area contributed by atoms with Gasteiger partial charge in [0.1, 0.15) is 5.60 Å². The van der Waals surface area contributed by atoms with Crippen molar-refractivity contribution in [1.82, 2.24) is 0 Å². The zero-order valence-corrected chi connectivity index (χ0v) is 10.8. The average molecular weight is 227 g/mol. The van der Waals surface area contributed by atoms with E-state index in [1.807, 2.05) is 0 Å². The molecule has 1 saturated heterocycles. The highest BCUT2D eigenvalue weighted by Crippen LogP contribution is 2.47. The second-order valence-corrected chi connectivity index (χ2v) is 6.31. The van der Waals surface area contributed by atoms with Crippen molar-refractivity contribution in [2.75, 3.05) is 13.2 Å². The molecule has 0 amide bonds. The molecule has 0 aromatic rings. The number of hydrogen-bond acceptors (Lipinski definition) is 3.